The molecule has 0 radical (unpaired) electrons. The number of fused-ring (bicyclic) bond motifs is 1. The van der Waals surface area contributed by atoms with Crippen molar-refractivity contribution < 1.29 is 8.42 Å². The first-order chi connectivity index (χ1) is 14.9. The van der Waals surface area contributed by atoms with Crippen LogP contribution in [0.3, 0.4) is 0 Å². The summed E-state index contributed by atoms with van der Waals surface area (Å²) in [5.41, 5.74) is 3.49. The highest BCUT2D eigenvalue weighted by Gasteiger charge is 2.36. The highest BCUT2D eigenvalue weighted by molar-refractivity contribution is 7.89. The molecule has 1 aromatic heterocycles. The van der Waals surface area contributed by atoms with Crippen molar-refractivity contribution in [3.8, 4) is 0 Å². The lowest BCUT2D eigenvalue weighted by Crippen LogP contribution is -2.28. The molecule has 1 fully saturated rings. The van der Waals surface area contributed by atoms with E-state index in [2.05, 4.69) is 35.5 Å². The molecule has 1 atom stereocenters. The number of allylic oxidation sites excluding steroid dienone is 1. The van der Waals surface area contributed by atoms with Gasteiger partial charge in [-0.15, -0.1) is 5.10 Å². The van der Waals surface area contributed by atoms with E-state index in [0.717, 1.165) is 35.2 Å². The summed E-state index contributed by atoms with van der Waals surface area (Å²) >= 11 is 0. The number of hydrogen-bond acceptors (Lipinski definition) is 4. The van der Waals surface area contributed by atoms with Crippen molar-refractivity contribution in [2.75, 3.05) is 5.32 Å². The Labute approximate surface area is 183 Å². The lowest BCUT2D eigenvalue weighted by molar-refractivity contribution is 0.444. The van der Waals surface area contributed by atoms with E-state index >= 15 is 0 Å². The molecule has 0 saturated heterocycles. The molecule has 5 rings (SSSR count). The minimum absolute atomic E-state index is 0.259. The average Bonchev–Trinajstić information content (AvgIpc) is 3.10. The molecule has 1 saturated carbocycles. The molecule has 0 spiro atoms. The summed E-state index contributed by atoms with van der Waals surface area (Å²) in [6, 6.07) is 17.6. The molecule has 2 aliphatic carbocycles. The van der Waals surface area contributed by atoms with Gasteiger partial charge in [-0.3, -0.25) is 0 Å². The molecule has 0 amide bonds. The molecular weight excluding hydrogens is 406 g/mol. The summed E-state index contributed by atoms with van der Waals surface area (Å²) in [5, 5.41) is 8.09. The maximum absolute atomic E-state index is 13.6. The van der Waals surface area contributed by atoms with Crippen LogP contribution in [0.4, 0.5) is 5.82 Å². The molecule has 3 aromatic rings. The van der Waals surface area contributed by atoms with Gasteiger partial charge >= 0.3 is 0 Å². The molecule has 1 N–H and O–H groups in total. The Morgan fingerprint density at radius 2 is 1.77 bits per heavy atom. The Balaban J connectivity index is 1.63. The third kappa shape index (κ3) is 3.49. The topological polar surface area (TPSA) is 64.0 Å². The smallest absolute Gasteiger partial charge is 0.283 e. The van der Waals surface area contributed by atoms with Crippen LogP contribution >= 0.6 is 0 Å². The second-order valence-electron chi connectivity index (χ2n) is 8.94. The molecular formula is C25H27N3O2S. The quantitative estimate of drug-likeness (QED) is 0.620. The molecule has 1 unspecified atom stereocenters. The predicted molar refractivity (Wildman–Crippen MR) is 124 cm³/mol. The molecule has 1 heterocycles. The van der Waals surface area contributed by atoms with Crippen LogP contribution in [0.5, 0.6) is 0 Å². The van der Waals surface area contributed by atoms with Gasteiger partial charge in [-0.05, 0) is 43.9 Å². The van der Waals surface area contributed by atoms with E-state index in [-0.39, 0.29) is 10.3 Å². The number of anilines is 1. The molecule has 2 aliphatic rings. The zero-order chi connectivity index (χ0) is 21.6. The van der Waals surface area contributed by atoms with E-state index in [1.807, 2.05) is 43.3 Å². The van der Waals surface area contributed by atoms with Gasteiger partial charge in [-0.1, -0.05) is 67.1 Å². The summed E-state index contributed by atoms with van der Waals surface area (Å²) in [5.74, 6) is 0.668. The second kappa shape index (κ2) is 7.38. The predicted octanol–water partition coefficient (Wildman–Crippen LogP) is 4.92. The average molecular weight is 434 g/mol. The Morgan fingerprint density at radius 3 is 2.42 bits per heavy atom. The van der Waals surface area contributed by atoms with Crippen molar-refractivity contribution in [3.63, 3.8) is 0 Å². The van der Waals surface area contributed by atoms with E-state index in [0.29, 0.717) is 18.3 Å². The first-order valence-corrected chi connectivity index (χ1v) is 12.3. The summed E-state index contributed by atoms with van der Waals surface area (Å²) in [4.78, 5) is 0.259. The van der Waals surface area contributed by atoms with Crippen molar-refractivity contribution in [1.82, 2.24) is 9.19 Å². The molecule has 2 aromatic carbocycles. The van der Waals surface area contributed by atoms with E-state index in [4.69, 9.17) is 0 Å². The van der Waals surface area contributed by atoms with Crippen LogP contribution in [0, 0.1) is 6.92 Å². The number of benzene rings is 2. The fraction of sp³-hybridized carbons (Fsp3) is 0.320. The molecule has 5 nitrogen and oxygen atoms in total. The molecule has 160 valence electrons. The molecule has 6 heteroatoms. The van der Waals surface area contributed by atoms with E-state index < -0.39 is 10.0 Å². The highest BCUT2D eigenvalue weighted by Crippen LogP contribution is 2.40. The Morgan fingerprint density at radius 1 is 1.06 bits per heavy atom. The SMILES string of the molecule is Cc1ccc(S(=O)(=O)n2nc(NC3CCC3)c3c2CC(C)(c2ccccc2)C=C3)cc1. The number of aryl methyl sites for hydroxylation is 1. The zero-order valence-corrected chi connectivity index (χ0v) is 18.7. The fourth-order valence-corrected chi connectivity index (χ4v) is 5.66. The van der Waals surface area contributed by atoms with Gasteiger partial charge < -0.3 is 5.32 Å². The van der Waals surface area contributed by atoms with Gasteiger partial charge in [0, 0.05) is 23.4 Å². The van der Waals surface area contributed by atoms with Gasteiger partial charge in [0.25, 0.3) is 10.0 Å². The molecule has 0 bridgehead atoms. The van der Waals surface area contributed by atoms with E-state index in [1.165, 1.54) is 10.5 Å². The Kier molecular flexibility index (Phi) is 4.77. The minimum Gasteiger partial charge on any atom is -0.365 e. The van der Waals surface area contributed by atoms with Gasteiger partial charge in [0.2, 0.25) is 0 Å². The largest absolute Gasteiger partial charge is 0.365 e. The van der Waals surface area contributed by atoms with Crippen LogP contribution in [-0.4, -0.2) is 23.6 Å². The van der Waals surface area contributed by atoms with Gasteiger partial charge in [0.05, 0.1) is 10.6 Å². The van der Waals surface area contributed by atoms with E-state index in [1.54, 1.807) is 12.1 Å². The normalized spacial score (nSPS) is 20.8. The number of nitrogens with one attached hydrogen (secondary N) is 1. The Hall–Kier alpha value is -2.86. The van der Waals surface area contributed by atoms with Crippen LogP contribution in [-0.2, 0) is 21.9 Å². The number of hydrogen-bond donors (Lipinski definition) is 1. The van der Waals surface area contributed by atoms with Crippen molar-refractivity contribution in [2.24, 2.45) is 0 Å². The van der Waals surface area contributed by atoms with E-state index in [9.17, 15) is 8.42 Å². The van der Waals surface area contributed by atoms with Crippen molar-refractivity contribution >= 4 is 21.9 Å². The van der Waals surface area contributed by atoms with Crippen LogP contribution in [0.2, 0.25) is 0 Å². The maximum Gasteiger partial charge on any atom is 0.283 e. The van der Waals surface area contributed by atoms with Crippen LogP contribution in [0.15, 0.2) is 65.6 Å². The monoisotopic (exact) mass is 433 g/mol. The third-order valence-corrected chi connectivity index (χ3v) is 8.19. The summed E-state index contributed by atoms with van der Waals surface area (Å²) in [6.07, 6.45) is 8.18. The summed E-state index contributed by atoms with van der Waals surface area (Å²) in [6.45, 7) is 4.10. The number of rotatable bonds is 5. The lowest BCUT2D eigenvalue weighted by atomic mass is 9.75. The summed E-state index contributed by atoms with van der Waals surface area (Å²) < 4.78 is 28.5. The molecule has 31 heavy (non-hydrogen) atoms. The van der Waals surface area contributed by atoms with Crippen molar-refractivity contribution in [3.05, 3.63) is 83.1 Å². The summed E-state index contributed by atoms with van der Waals surface area (Å²) in [7, 11) is -3.80. The van der Waals surface area contributed by atoms with Gasteiger partial charge in [-0.2, -0.15) is 12.5 Å². The minimum atomic E-state index is -3.80. The fourth-order valence-electron chi connectivity index (χ4n) is 4.34. The van der Waals surface area contributed by atoms with Crippen LogP contribution < -0.4 is 5.32 Å². The number of nitrogens with zero attached hydrogens (tertiary/aromatic N) is 2. The third-order valence-electron chi connectivity index (χ3n) is 6.57. The van der Waals surface area contributed by atoms with Crippen molar-refractivity contribution in [1.29, 1.82) is 0 Å². The van der Waals surface area contributed by atoms with Crippen LogP contribution in [0.1, 0.15) is 48.6 Å². The number of aromatic nitrogens is 2. The second-order valence-corrected chi connectivity index (χ2v) is 10.7. The van der Waals surface area contributed by atoms with Gasteiger partial charge in [-0.25, -0.2) is 0 Å². The highest BCUT2D eigenvalue weighted by atomic mass is 32.2. The first-order valence-electron chi connectivity index (χ1n) is 10.8. The van der Waals surface area contributed by atoms with Crippen molar-refractivity contribution in [2.45, 2.75) is 55.9 Å². The van der Waals surface area contributed by atoms with Gasteiger partial charge in [0.15, 0.2) is 5.82 Å². The van der Waals surface area contributed by atoms with Gasteiger partial charge in [0.1, 0.15) is 0 Å². The van der Waals surface area contributed by atoms with Crippen LogP contribution in [0.25, 0.3) is 6.08 Å². The maximum atomic E-state index is 13.6. The lowest BCUT2D eigenvalue weighted by Gasteiger charge is -2.30. The zero-order valence-electron chi connectivity index (χ0n) is 17.9. The molecule has 0 aliphatic heterocycles. The standard InChI is InChI=1S/C25H27N3O2S/c1-18-11-13-21(14-12-18)31(29,30)28-23-17-25(2,19-7-4-3-5-8-19)16-15-22(23)24(27-28)26-20-9-6-10-20/h3-5,7-8,11-16,20H,6,9-10,17H2,1-2H3,(H,26,27). The Bertz CT molecular complexity index is 1240. The first kappa shape index (κ1) is 20.1.